The van der Waals surface area contributed by atoms with Gasteiger partial charge in [-0.2, -0.15) is 0 Å². The fourth-order valence-corrected chi connectivity index (χ4v) is 3.47. The third-order valence-electron chi connectivity index (χ3n) is 4.92. The number of benzene rings is 1. The molecule has 5 N–H and O–H groups in total. The Morgan fingerprint density at radius 1 is 1.31 bits per heavy atom. The minimum atomic E-state index is -0.335. The Bertz CT molecular complexity index is 1070. The molecule has 0 bridgehead atoms. The standard InChI is InChI=1S/C18H18FN5O2/c1-8-12-6-10(19)2-3-13(12)22-16(8)17(26)21-11-4-9(5-11)14-7-15(25)24-18(20)23-14/h2-3,6-7,9,11,22H,4-5H2,1H3,(H,21,26)(H3,20,23,24,25). The van der Waals surface area contributed by atoms with Gasteiger partial charge in [0.05, 0.1) is 5.69 Å². The van der Waals surface area contributed by atoms with Gasteiger partial charge in [-0.05, 0) is 43.5 Å². The number of nitrogen functional groups attached to an aromatic ring is 1. The highest BCUT2D eigenvalue weighted by atomic mass is 19.1. The molecule has 1 aliphatic carbocycles. The summed E-state index contributed by atoms with van der Waals surface area (Å²) in [6, 6.07) is 5.83. The number of hydrogen-bond donors (Lipinski definition) is 4. The lowest BCUT2D eigenvalue weighted by Crippen LogP contribution is -2.44. The molecule has 7 nitrogen and oxygen atoms in total. The Balaban J connectivity index is 1.45. The average Bonchev–Trinajstić information content (AvgIpc) is 2.86. The largest absolute Gasteiger partial charge is 0.369 e. The number of fused-ring (bicyclic) bond motifs is 1. The van der Waals surface area contributed by atoms with Crippen LogP contribution in [0.15, 0.2) is 29.1 Å². The third kappa shape index (κ3) is 2.83. The van der Waals surface area contributed by atoms with Gasteiger partial charge in [0, 0.05) is 28.9 Å². The van der Waals surface area contributed by atoms with Gasteiger partial charge in [0.1, 0.15) is 11.5 Å². The van der Waals surface area contributed by atoms with Crippen LogP contribution in [0.25, 0.3) is 10.9 Å². The first-order chi connectivity index (χ1) is 12.4. The number of aromatic nitrogens is 3. The van der Waals surface area contributed by atoms with E-state index in [1.165, 1.54) is 18.2 Å². The summed E-state index contributed by atoms with van der Waals surface area (Å²) in [6.45, 7) is 1.79. The molecule has 1 fully saturated rings. The van der Waals surface area contributed by atoms with Crippen LogP contribution in [0.4, 0.5) is 10.3 Å². The number of halogens is 1. The van der Waals surface area contributed by atoms with Crippen molar-refractivity contribution in [3.63, 3.8) is 0 Å². The minimum absolute atomic E-state index is 0.00244. The molecule has 0 aliphatic heterocycles. The highest BCUT2D eigenvalue weighted by Crippen LogP contribution is 2.35. The molecule has 0 unspecified atom stereocenters. The van der Waals surface area contributed by atoms with Crippen LogP contribution < -0.4 is 16.6 Å². The molecule has 4 rings (SSSR count). The molecule has 0 atom stereocenters. The summed E-state index contributed by atoms with van der Waals surface area (Å²) in [5, 5.41) is 3.67. The van der Waals surface area contributed by atoms with E-state index in [2.05, 4.69) is 20.3 Å². The number of anilines is 1. The molecule has 3 aromatic rings. The second-order valence-corrected chi connectivity index (χ2v) is 6.71. The maximum Gasteiger partial charge on any atom is 0.268 e. The first-order valence-electron chi connectivity index (χ1n) is 8.36. The summed E-state index contributed by atoms with van der Waals surface area (Å²) in [4.78, 5) is 33.6. The van der Waals surface area contributed by atoms with Crippen molar-refractivity contribution in [1.82, 2.24) is 20.3 Å². The highest BCUT2D eigenvalue weighted by molar-refractivity contribution is 6.01. The molecule has 0 radical (unpaired) electrons. The number of carbonyl (C=O) groups excluding carboxylic acids is 1. The SMILES string of the molecule is Cc1c(C(=O)NC2CC(c3cc(=O)[nH]c(N)n3)C2)[nH]c2ccc(F)cc12. The van der Waals surface area contributed by atoms with Crippen LogP contribution in [0.1, 0.15) is 40.5 Å². The van der Waals surface area contributed by atoms with Crippen molar-refractivity contribution in [2.75, 3.05) is 5.73 Å². The minimum Gasteiger partial charge on any atom is -0.369 e. The molecule has 1 aromatic carbocycles. The van der Waals surface area contributed by atoms with Crippen LogP contribution in [-0.4, -0.2) is 26.9 Å². The van der Waals surface area contributed by atoms with Gasteiger partial charge < -0.3 is 16.0 Å². The van der Waals surface area contributed by atoms with E-state index < -0.39 is 0 Å². The molecular weight excluding hydrogens is 337 g/mol. The number of aromatic amines is 2. The van der Waals surface area contributed by atoms with Crippen molar-refractivity contribution in [3.8, 4) is 0 Å². The first-order valence-corrected chi connectivity index (χ1v) is 8.36. The zero-order valence-corrected chi connectivity index (χ0v) is 14.1. The van der Waals surface area contributed by atoms with Gasteiger partial charge in [-0.25, -0.2) is 9.37 Å². The number of carbonyl (C=O) groups is 1. The Labute approximate surface area is 147 Å². The van der Waals surface area contributed by atoms with Crippen LogP contribution in [0.3, 0.4) is 0 Å². The van der Waals surface area contributed by atoms with Gasteiger partial charge in [0.25, 0.3) is 11.5 Å². The monoisotopic (exact) mass is 355 g/mol. The maximum absolute atomic E-state index is 13.4. The van der Waals surface area contributed by atoms with Crippen molar-refractivity contribution in [3.05, 3.63) is 57.4 Å². The fourth-order valence-electron chi connectivity index (χ4n) is 3.47. The van der Waals surface area contributed by atoms with Crippen LogP contribution in [0, 0.1) is 12.7 Å². The Morgan fingerprint density at radius 3 is 2.81 bits per heavy atom. The molecule has 0 spiro atoms. The van der Waals surface area contributed by atoms with Crippen LogP contribution in [0.5, 0.6) is 0 Å². The van der Waals surface area contributed by atoms with E-state index >= 15 is 0 Å². The van der Waals surface area contributed by atoms with Gasteiger partial charge >= 0.3 is 0 Å². The third-order valence-corrected chi connectivity index (χ3v) is 4.92. The van der Waals surface area contributed by atoms with E-state index in [1.54, 1.807) is 13.0 Å². The van der Waals surface area contributed by atoms with E-state index in [4.69, 9.17) is 5.73 Å². The normalized spacial score (nSPS) is 19.3. The zero-order valence-electron chi connectivity index (χ0n) is 14.1. The summed E-state index contributed by atoms with van der Waals surface area (Å²) < 4.78 is 13.4. The summed E-state index contributed by atoms with van der Waals surface area (Å²) in [5.74, 6) is -0.359. The van der Waals surface area contributed by atoms with Gasteiger partial charge in [-0.1, -0.05) is 0 Å². The van der Waals surface area contributed by atoms with Gasteiger partial charge in [0.2, 0.25) is 5.95 Å². The van der Waals surface area contributed by atoms with E-state index in [0.29, 0.717) is 29.6 Å². The number of amides is 1. The van der Waals surface area contributed by atoms with Crippen LogP contribution in [0.2, 0.25) is 0 Å². The summed E-state index contributed by atoms with van der Waals surface area (Å²) in [6.07, 6.45) is 1.38. The Morgan fingerprint density at radius 2 is 2.08 bits per heavy atom. The lowest BCUT2D eigenvalue weighted by atomic mass is 9.78. The van der Waals surface area contributed by atoms with Gasteiger partial charge in [0.15, 0.2) is 0 Å². The molecule has 2 heterocycles. The van der Waals surface area contributed by atoms with Crippen molar-refractivity contribution in [2.45, 2.75) is 31.7 Å². The Kier molecular flexibility index (Phi) is 3.75. The predicted octanol–water partition coefficient (Wildman–Crippen LogP) is 1.96. The van der Waals surface area contributed by atoms with Crippen LogP contribution >= 0.6 is 0 Å². The van der Waals surface area contributed by atoms with Gasteiger partial charge in [-0.3, -0.25) is 14.6 Å². The molecule has 8 heteroatoms. The molecule has 134 valence electrons. The molecule has 1 amide bonds. The molecule has 1 aliphatic rings. The fraction of sp³-hybridized carbons (Fsp3) is 0.278. The second-order valence-electron chi connectivity index (χ2n) is 6.71. The van der Waals surface area contributed by atoms with E-state index in [1.807, 2.05) is 0 Å². The lowest BCUT2D eigenvalue weighted by molar-refractivity contribution is 0.0903. The molecule has 1 saturated carbocycles. The van der Waals surface area contributed by atoms with E-state index in [-0.39, 0.29) is 35.2 Å². The smallest absolute Gasteiger partial charge is 0.268 e. The van der Waals surface area contributed by atoms with E-state index in [9.17, 15) is 14.0 Å². The maximum atomic E-state index is 13.4. The quantitative estimate of drug-likeness (QED) is 0.574. The first kappa shape index (κ1) is 16.3. The second kappa shape index (κ2) is 5.98. The predicted molar refractivity (Wildman–Crippen MR) is 95.5 cm³/mol. The summed E-state index contributed by atoms with van der Waals surface area (Å²) in [7, 11) is 0. The van der Waals surface area contributed by atoms with Gasteiger partial charge in [-0.15, -0.1) is 0 Å². The highest BCUT2D eigenvalue weighted by Gasteiger charge is 2.33. The molecule has 0 saturated heterocycles. The van der Waals surface area contributed by atoms with Crippen molar-refractivity contribution in [2.24, 2.45) is 0 Å². The number of H-pyrrole nitrogens is 2. The lowest BCUT2D eigenvalue weighted by Gasteiger charge is -2.35. The van der Waals surface area contributed by atoms with E-state index in [0.717, 1.165) is 11.1 Å². The molecule has 2 aromatic heterocycles. The molecular formula is C18H18FN5O2. The average molecular weight is 355 g/mol. The van der Waals surface area contributed by atoms with Crippen molar-refractivity contribution in [1.29, 1.82) is 0 Å². The number of hydrogen-bond acceptors (Lipinski definition) is 4. The van der Waals surface area contributed by atoms with Crippen molar-refractivity contribution >= 4 is 22.8 Å². The summed E-state index contributed by atoms with van der Waals surface area (Å²) >= 11 is 0. The molecule has 26 heavy (non-hydrogen) atoms. The number of rotatable bonds is 3. The zero-order chi connectivity index (χ0) is 18.4. The number of nitrogens with one attached hydrogen (secondary N) is 3. The topological polar surface area (TPSA) is 117 Å². The van der Waals surface area contributed by atoms with Crippen molar-refractivity contribution < 1.29 is 9.18 Å². The number of nitrogens with zero attached hydrogens (tertiary/aromatic N) is 1. The number of nitrogens with two attached hydrogens (primary N) is 1. The Hall–Kier alpha value is -3.16. The van der Waals surface area contributed by atoms with Crippen LogP contribution in [-0.2, 0) is 0 Å². The number of aryl methyl sites for hydroxylation is 1. The summed E-state index contributed by atoms with van der Waals surface area (Å²) in [5.41, 5.74) is 7.82.